The van der Waals surface area contributed by atoms with Crippen LogP contribution in [0.5, 0.6) is 11.5 Å². The van der Waals surface area contributed by atoms with Crippen LogP contribution in [-0.2, 0) is 100 Å². The van der Waals surface area contributed by atoms with E-state index in [-0.39, 0.29) is 102 Å². The molecule has 44 nitrogen and oxygen atoms in total. The zero-order valence-corrected chi connectivity index (χ0v) is 62.9. The highest BCUT2D eigenvalue weighted by atomic mass is 16.5. The number of aromatic carboxylic acids is 2. The summed E-state index contributed by atoms with van der Waals surface area (Å²) in [7, 11) is 0. The molecule has 0 radical (unpaired) electrons. The van der Waals surface area contributed by atoms with E-state index < -0.39 is 256 Å². The minimum Gasteiger partial charge on any atom is -0.507 e. The second-order valence-electron chi connectivity index (χ2n) is 25.1. The summed E-state index contributed by atoms with van der Waals surface area (Å²) in [6, 6.07) is 2.16. The van der Waals surface area contributed by atoms with E-state index in [2.05, 4.69) is 47.9 Å². The quantitative estimate of drug-likeness (QED) is 0.0205. The maximum atomic E-state index is 14.3. The third-order valence-electron chi connectivity index (χ3n) is 15.9. The summed E-state index contributed by atoms with van der Waals surface area (Å²) in [5.41, 5.74) is 4.96. The van der Waals surface area contributed by atoms with Crippen molar-refractivity contribution >= 4 is 131 Å². The molecule has 0 saturated heterocycles. The Morgan fingerprint density at radius 3 is 0.897 bits per heavy atom. The summed E-state index contributed by atoms with van der Waals surface area (Å²) in [5, 5.41) is 117. The van der Waals surface area contributed by atoms with Gasteiger partial charge in [0.1, 0.15) is 78.7 Å². The molecular formula is C73H94N10O34. The Hall–Kier alpha value is -13.0. The van der Waals surface area contributed by atoms with Gasteiger partial charge in [-0.25, -0.2) is 9.59 Å². The van der Waals surface area contributed by atoms with Crippen LogP contribution in [0.3, 0.4) is 0 Å². The van der Waals surface area contributed by atoms with Crippen LogP contribution in [0.25, 0.3) is 24.3 Å². The third-order valence-corrected chi connectivity index (χ3v) is 15.9. The molecule has 0 saturated carbocycles. The van der Waals surface area contributed by atoms with Gasteiger partial charge in [0.15, 0.2) is 0 Å². The van der Waals surface area contributed by atoms with Crippen LogP contribution in [0.4, 0.5) is 0 Å². The standard InChI is InChI=1S/C73H94N10O34/c74-56(86)38-115-32-29-112-26-23-75-66(102)48(9-17-59(89)90)81-69(105)51(12-20-62(95)96)78-57(87)39-116-33-30-113-27-24-76-67(103)49(10-18-60(91)92)82-70(106)52(13-21-63(97)98)79-58(88)40-117-34-31-114-28-25-77-68(104)50(11-19-61(93)94)83-71(107)53(14-22-64(99)100)80-65(101)45-35-41(1-2-42-5-15-54(84)46(36-42)72(108)109)3-7-44(45)8-4-43-6-16-55(85)47(37-43)73(110)111/h1-8,15-16,35-37,48-53,84-85H,9-14,17-34,38-40H2,(H2,74,86)(H,75,102)(H,76,103)(H,77,104)(H,78,87)(H,79,88)(H,80,101)(H,81,105)(H,82,106)(H,83,107)(H,89,90)(H,91,92)(H,93,94)(H,95,96)(H,97,98)(H,99,100)(H,108,109)(H,110,111)/b2-1+,8-4+. The molecule has 0 bridgehead atoms. The predicted molar refractivity (Wildman–Crippen MR) is 400 cm³/mol. The van der Waals surface area contributed by atoms with Crippen molar-refractivity contribution in [2.24, 2.45) is 5.73 Å². The van der Waals surface area contributed by atoms with Crippen LogP contribution < -0.4 is 53.6 Å². The maximum absolute atomic E-state index is 14.3. The number of hydrogen-bond acceptors (Lipinski definition) is 26. The van der Waals surface area contributed by atoms with Crippen LogP contribution in [-0.4, -0.2) is 293 Å². The Morgan fingerprint density at radius 2 is 0.590 bits per heavy atom. The molecule has 0 fully saturated rings. The van der Waals surface area contributed by atoms with Crippen LogP contribution in [0.2, 0.25) is 0 Å². The smallest absolute Gasteiger partial charge is 0.339 e. The molecule has 3 aromatic rings. The van der Waals surface area contributed by atoms with Crippen molar-refractivity contribution in [3.63, 3.8) is 0 Å². The molecule has 6 unspecified atom stereocenters. The predicted octanol–water partition coefficient (Wildman–Crippen LogP) is -2.52. The number of benzene rings is 3. The molecule has 3 aromatic carbocycles. The molecule has 0 aromatic heterocycles. The molecule has 117 heavy (non-hydrogen) atoms. The number of nitrogens with two attached hydrogens (primary N) is 1. The number of primary amides is 1. The highest BCUT2D eigenvalue weighted by Crippen LogP contribution is 2.24. The molecule has 0 aliphatic rings. The molecule has 44 heteroatoms. The number of nitrogens with one attached hydrogen (secondary N) is 9. The van der Waals surface area contributed by atoms with Crippen molar-refractivity contribution in [3.8, 4) is 11.5 Å². The first-order valence-electron chi connectivity index (χ1n) is 35.9. The third kappa shape index (κ3) is 41.5. The Labute approximate surface area is 665 Å². The first kappa shape index (κ1) is 98.2. The van der Waals surface area contributed by atoms with Gasteiger partial charge in [-0.3, -0.25) is 76.7 Å². The molecule has 21 N–H and O–H groups in total. The van der Waals surface area contributed by atoms with Crippen LogP contribution in [0.1, 0.15) is 130 Å². The fraction of sp³-hybridized carbons (Fsp3) is 0.452. The highest BCUT2D eigenvalue weighted by molar-refractivity contribution is 6.03. The molecule has 0 heterocycles. The minimum absolute atomic E-state index is 0.0106. The molecule has 3 rings (SSSR count). The lowest BCUT2D eigenvalue weighted by molar-refractivity contribution is -0.140. The van der Waals surface area contributed by atoms with E-state index in [0.717, 1.165) is 18.2 Å². The van der Waals surface area contributed by atoms with Gasteiger partial charge in [-0.1, -0.05) is 48.6 Å². The van der Waals surface area contributed by atoms with Crippen molar-refractivity contribution in [2.45, 2.75) is 113 Å². The maximum Gasteiger partial charge on any atom is 0.339 e. The normalized spacial score (nSPS) is 12.6. The van der Waals surface area contributed by atoms with Crippen molar-refractivity contribution in [1.29, 1.82) is 0 Å². The Morgan fingerprint density at radius 1 is 0.316 bits per heavy atom. The molecule has 0 aliphatic heterocycles. The molecule has 0 spiro atoms. The summed E-state index contributed by atoms with van der Waals surface area (Å²) in [6.45, 7) is -4.02. The van der Waals surface area contributed by atoms with E-state index in [4.69, 9.17) is 34.2 Å². The van der Waals surface area contributed by atoms with Crippen molar-refractivity contribution in [3.05, 3.63) is 93.5 Å². The van der Waals surface area contributed by atoms with Gasteiger partial charge >= 0.3 is 47.8 Å². The fourth-order valence-corrected chi connectivity index (χ4v) is 10.1. The minimum atomic E-state index is -1.71. The van der Waals surface area contributed by atoms with Crippen LogP contribution in [0, 0.1) is 0 Å². The zero-order valence-electron chi connectivity index (χ0n) is 62.9. The van der Waals surface area contributed by atoms with Gasteiger partial charge in [-0.2, -0.15) is 0 Å². The van der Waals surface area contributed by atoms with Gasteiger partial charge in [0.05, 0.1) is 59.5 Å². The second-order valence-corrected chi connectivity index (χ2v) is 25.1. The van der Waals surface area contributed by atoms with Gasteiger partial charge in [-0.05, 0) is 91.1 Å². The number of carboxylic acid groups (broad SMARTS) is 8. The summed E-state index contributed by atoms with van der Waals surface area (Å²) >= 11 is 0. The SMILES string of the molecule is NC(=O)COCCOCCNC(=O)C(CCC(=O)O)NC(=O)C(CCC(=O)O)NC(=O)COCCOCCNC(=O)C(CCC(=O)O)NC(=O)C(CCC(=O)O)NC(=O)COCCOCCNC(=O)C(CCC(=O)O)NC(=O)C(CCC(=O)O)NC(=O)c1cc(/C=C/c2ccc(O)c(C(=O)O)c2)ccc1/C=C/c1ccc(O)c(C(=O)O)c1. The average molecular weight is 1660 g/mol. The molecule has 10 amide bonds. The van der Waals surface area contributed by atoms with Gasteiger partial charge in [0.25, 0.3) is 5.91 Å². The number of rotatable bonds is 61. The van der Waals surface area contributed by atoms with E-state index in [9.17, 15) is 137 Å². The number of carboxylic acids is 8. The van der Waals surface area contributed by atoms with Gasteiger partial charge < -0.3 is 133 Å². The van der Waals surface area contributed by atoms with Gasteiger partial charge in [0.2, 0.25) is 53.2 Å². The number of carbonyl (C=O) groups excluding carboxylic acids is 10. The lowest BCUT2D eigenvalue weighted by Crippen LogP contribution is -2.54. The number of hydrogen-bond donors (Lipinski definition) is 20. The summed E-state index contributed by atoms with van der Waals surface area (Å²) in [5.74, 6) is -21.7. The summed E-state index contributed by atoms with van der Waals surface area (Å²) in [4.78, 5) is 224. The molecule has 0 aliphatic carbocycles. The van der Waals surface area contributed by atoms with Crippen molar-refractivity contribution in [2.75, 3.05) is 98.9 Å². The number of aliphatic carboxylic acids is 6. The summed E-state index contributed by atoms with van der Waals surface area (Å²) in [6.07, 6.45) is -1.22. The Balaban J connectivity index is 1.56. The average Bonchev–Trinajstić information content (AvgIpc) is 0.830. The van der Waals surface area contributed by atoms with Crippen LogP contribution >= 0.6 is 0 Å². The fourth-order valence-electron chi connectivity index (χ4n) is 10.1. The monoisotopic (exact) mass is 1650 g/mol. The number of amides is 10. The lowest BCUT2D eigenvalue weighted by atomic mass is 9.99. The van der Waals surface area contributed by atoms with E-state index >= 15 is 0 Å². The summed E-state index contributed by atoms with van der Waals surface area (Å²) < 4.78 is 31.6. The van der Waals surface area contributed by atoms with E-state index in [1.54, 1.807) is 0 Å². The number of aromatic hydroxyl groups is 2. The van der Waals surface area contributed by atoms with E-state index in [0.29, 0.717) is 11.1 Å². The number of phenols is 2. The molecule has 6 atom stereocenters. The van der Waals surface area contributed by atoms with Gasteiger partial charge in [-0.15, -0.1) is 0 Å². The van der Waals surface area contributed by atoms with E-state index in [1.165, 1.54) is 60.7 Å². The van der Waals surface area contributed by atoms with Crippen molar-refractivity contribution < 1.29 is 166 Å². The van der Waals surface area contributed by atoms with E-state index in [1.807, 2.05) is 0 Å². The Kier molecular flexibility index (Phi) is 45.2. The van der Waals surface area contributed by atoms with Crippen LogP contribution in [0.15, 0.2) is 54.6 Å². The largest absolute Gasteiger partial charge is 0.507 e. The molecular weight excluding hydrogens is 1560 g/mol. The number of carbonyl (C=O) groups is 18. The molecule has 640 valence electrons. The lowest BCUT2D eigenvalue weighted by Gasteiger charge is -2.23. The Bertz CT molecular complexity index is 4040. The first-order valence-corrected chi connectivity index (χ1v) is 35.9. The number of ether oxygens (including phenoxy) is 6. The van der Waals surface area contributed by atoms with Gasteiger partial charge in [0, 0.05) is 63.7 Å². The zero-order chi connectivity index (χ0) is 86.9. The first-order chi connectivity index (χ1) is 55.5. The van der Waals surface area contributed by atoms with Crippen molar-refractivity contribution in [1.82, 2.24) is 47.9 Å². The highest BCUT2D eigenvalue weighted by Gasteiger charge is 2.32. The topological polar surface area (TPSA) is 699 Å². The second kappa shape index (κ2) is 53.9.